The van der Waals surface area contributed by atoms with Gasteiger partial charge in [-0.15, -0.1) is 0 Å². The van der Waals surface area contributed by atoms with E-state index in [2.05, 4.69) is 41.3 Å². The van der Waals surface area contributed by atoms with Gasteiger partial charge in [-0.2, -0.15) is 0 Å². The first-order valence-electron chi connectivity index (χ1n) is 8.05. The highest BCUT2D eigenvalue weighted by atomic mass is 16.2. The summed E-state index contributed by atoms with van der Waals surface area (Å²) in [5, 5.41) is 3.16. The summed E-state index contributed by atoms with van der Waals surface area (Å²) in [4.78, 5) is 23.0. The van der Waals surface area contributed by atoms with Crippen molar-refractivity contribution in [3.8, 4) is 0 Å². The topological polar surface area (TPSA) is 58.1 Å². The van der Waals surface area contributed by atoms with E-state index < -0.39 is 0 Å². The Morgan fingerprint density at radius 2 is 1.91 bits per heavy atom. The molecule has 5 heteroatoms. The van der Waals surface area contributed by atoms with Crippen LogP contribution in [0.2, 0.25) is 0 Å². The normalized spacial score (nSPS) is 13.8. The van der Waals surface area contributed by atoms with E-state index in [-0.39, 0.29) is 5.91 Å². The maximum Gasteiger partial charge on any atom is 0.257 e. The summed E-state index contributed by atoms with van der Waals surface area (Å²) < 4.78 is 0. The predicted molar refractivity (Wildman–Crippen MR) is 90.2 cm³/mol. The van der Waals surface area contributed by atoms with Crippen LogP contribution in [0.5, 0.6) is 0 Å². The van der Waals surface area contributed by atoms with Gasteiger partial charge in [-0.1, -0.05) is 38.1 Å². The van der Waals surface area contributed by atoms with E-state index in [0.29, 0.717) is 24.0 Å². The molecular formula is C18H22N4O. The lowest BCUT2D eigenvalue weighted by molar-refractivity contribution is 0.0734. The third-order valence-corrected chi connectivity index (χ3v) is 3.99. The van der Waals surface area contributed by atoms with Crippen molar-refractivity contribution < 1.29 is 4.79 Å². The maximum absolute atomic E-state index is 12.6. The Labute approximate surface area is 136 Å². The van der Waals surface area contributed by atoms with Gasteiger partial charge in [0.25, 0.3) is 5.91 Å². The van der Waals surface area contributed by atoms with Crippen LogP contribution in [-0.2, 0) is 13.0 Å². The summed E-state index contributed by atoms with van der Waals surface area (Å²) in [5.41, 5.74) is 3.10. The van der Waals surface area contributed by atoms with Crippen LogP contribution in [0.4, 0.5) is 5.95 Å². The van der Waals surface area contributed by atoms with E-state index in [1.165, 1.54) is 11.1 Å². The number of carbonyl (C=O) groups is 1. The van der Waals surface area contributed by atoms with Gasteiger partial charge in [0.05, 0.1) is 5.56 Å². The highest BCUT2D eigenvalue weighted by Gasteiger charge is 2.21. The molecule has 0 radical (unpaired) electrons. The van der Waals surface area contributed by atoms with Crippen molar-refractivity contribution in [2.24, 2.45) is 5.92 Å². The zero-order chi connectivity index (χ0) is 16.2. The SMILES string of the molecule is CC(C)CNc1ncc(C(=O)N2CCc3ccccc3C2)cn1. The first kappa shape index (κ1) is 15.5. The molecule has 1 N–H and O–H groups in total. The van der Waals surface area contributed by atoms with Crippen molar-refractivity contribution >= 4 is 11.9 Å². The van der Waals surface area contributed by atoms with Gasteiger partial charge in [0, 0.05) is 32.0 Å². The molecule has 1 aromatic heterocycles. The lowest BCUT2D eigenvalue weighted by Crippen LogP contribution is -2.36. The highest BCUT2D eigenvalue weighted by Crippen LogP contribution is 2.20. The van der Waals surface area contributed by atoms with Crippen molar-refractivity contribution in [2.75, 3.05) is 18.4 Å². The molecule has 3 rings (SSSR count). The fourth-order valence-electron chi connectivity index (χ4n) is 2.68. The molecule has 2 aromatic rings. The van der Waals surface area contributed by atoms with Crippen LogP contribution in [0.15, 0.2) is 36.7 Å². The lowest BCUT2D eigenvalue weighted by Gasteiger charge is -2.28. The number of nitrogens with one attached hydrogen (secondary N) is 1. The van der Waals surface area contributed by atoms with Gasteiger partial charge >= 0.3 is 0 Å². The van der Waals surface area contributed by atoms with Gasteiger partial charge in [-0.25, -0.2) is 9.97 Å². The van der Waals surface area contributed by atoms with Crippen LogP contribution in [0.3, 0.4) is 0 Å². The summed E-state index contributed by atoms with van der Waals surface area (Å²) in [5.74, 6) is 1.09. The summed E-state index contributed by atoms with van der Waals surface area (Å²) in [6, 6.07) is 8.29. The number of rotatable bonds is 4. The number of aromatic nitrogens is 2. The molecule has 5 nitrogen and oxygen atoms in total. The van der Waals surface area contributed by atoms with Crippen molar-refractivity contribution in [3.63, 3.8) is 0 Å². The minimum absolute atomic E-state index is 0.00471. The smallest absolute Gasteiger partial charge is 0.257 e. The second-order valence-electron chi connectivity index (χ2n) is 6.32. The lowest BCUT2D eigenvalue weighted by atomic mass is 9.99. The molecule has 0 saturated heterocycles. The fourth-order valence-corrected chi connectivity index (χ4v) is 2.68. The number of anilines is 1. The molecule has 1 aliphatic heterocycles. The van der Waals surface area contributed by atoms with Crippen molar-refractivity contribution in [1.82, 2.24) is 14.9 Å². The van der Waals surface area contributed by atoms with Crippen molar-refractivity contribution in [3.05, 3.63) is 53.3 Å². The van der Waals surface area contributed by atoms with E-state index in [9.17, 15) is 4.79 Å². The summed E-state index contributed by atoms with van der Waals surface area (Å²) in [6.07, 6.45) is 4.12. The van der Waals surface area contributed by atoms with Crippen LogP contribution in [-0.4, -0.2) is 33.9 Å². The largest absolute Gasteiger partial charge is 0.354 e. The number of hydrogen-bond donors (Lipinski definition) is 1. The van der Waals surface area contributed by atoms with E-state index >= 15 is 0 Å². The highest BCUT2D eigenvalue weighted by molar-refractivity contribution is 5.93. The average molecular weight is 310 g/mol. The Kier molecular flexibility index (Phi) is 4.55. The summed E-state index contributed by atoms with van der Waals surface area (Å²) >= 11 is 0. The maximum atomic E-state index is 12.6. The quantitative estimate of drug-likeness (QED) is 0.943. The van der Waals surface area contributed by atoms with Gasteiger partial charge in [0.1, 0.15) is 0 Å². The second-order valence-corrected chi connectivity index (χ2v) is 6.32. The number of fused-ring (bicyclic) bond motifs is 1. The molecule has 0 spiro atoms. The molecule has 2 heterocycles. The number of amides is 1. The molecule has 1 amide bonds. The third-order valence-electron chi connectivity index (χ3n) is 3.99. The standard InChI is InChI=1S/C18H22N4O/c1-13(2)9-19-18-20-10-16(11-21-18)17(23)22-8-7-14-5-3-4-6-15(14)12-22/h3-6,10-11,13H,7-9,12H2,1-2H3,(H,19,20,21). The van der Waals surface area contributed by atoms with Gasteiger partial charge in [-0.3, -0.25) is 4.79 Å². The van der Waals surface area contributed by atoms with Crippen LogP contribution < -0.4 is 5.32 Å². The van der Waals surface area contributed by atoms with Crippen molar-refractivity contribution in [1.29, 1.82) is 0 Å². The fraction of sp³-hybridized carbons (Fsp3) is 0.389. The van der Waals surface area contributed by atoms with Gasteiger partial charge in [-0.05, 0) is 23.5 Å². The Morgan fingerprint density at radius 1 is 1.22 bits per heavy atom. The Bertz CT molecular complexity index is 682. The number of carbonyl (C=O) groups excluding carboxylic acids is 1. The van der Waals surface area contributed by atoms with Crippen LogP contribution in [0, 0.1) is 5.92 Å². The van der Waals surface area contributed by atoms with E-state index in [4.69, 9.17) is 0 Å². The number of hydrogen-bond acceptors (Lipinski definition) is 4. The number of benzene rings is 1. The zero-order valence-electron chi connectivity index (χ0n) is 13.6. The molecule has 1 aliphatic rings. The molecule has 23 heavy (non-hydrogen) atoms. The molecule has 0 fully saturated rings. The predicted octanol–water partition coefficient (Wildman–Crippen LogP) is 2.74. The van der Waals surface area contributed by atoms with Gasteiger partial charge < -0.3 is 10.2 Å². The molecule has 0 bridgehead atoms. The van der Waals surface area contributed by atoms with Gasteiger partial charge in [0.2, 0.25) is 5.95 Å². The van der Waals surface area contributed by atoms with Crippen LogP contribution in [0.1, 0.15) is 35.3 Å². The minimum Gasteiger partial charge on any atom is -0.354 e. The summed E-state index contributed by atoms with van der Waals surface area (Å²) in [7, 11) is 0. The Hall–Kier alpha value is -2.43. The third kappa shape index (κ3) is 3.67. The molecule has 120 valence electrons. The van der Waals surface area contributed by atoms with E-state index in [0.717, 1.165) is 19.5 Å². The molecular weight excluding hydrogens is 288 g/mol. The minimum atomic E-state index is -0.00471. The Balaban J connectivity index is 1.67. The summed E-state index contributed by atoms with van der Waals surface area (Å²) in [6.45, 7) is 6.46. The van der Waals surface area contributed by atoms with Crippen LogP contribution >= 0.6 is 0 Å². The second kappa shape index (κ2) is 6.77. The van der Waals surface area contributed by atoms with Gasteiger partial charge in [0.15, 0.2) is 0 Å². The van der Waals surface area contributed by atoms with Crippen LogP contribution in [0.25, 0.3) is 0 Å². The monoisotopic (exact) mass is 310 g/mol. The Morgan fingerprint density at radius 3 is 2.61 bits per heavy atom. The molecule has 0 unspecified atom stereocenters. The average Bonchev–Trinajstić information content (AvgIpc) is 2.59. The van der Waals surface area contributed by atoms with E-state index in [1.807, 2.05) is 17.0 Å². The van der Waals surface area contributed by atoms with Crippen molar-refractivity contribution in [2.45, 2.75) is 26.8 Å². The zero-order valence-corrected chi connectivity index (χ0v) is 13.6. The molecule has 1 aromatic carbocycles. The molecule has 0 aliphatic carbocycles. The number of nitrogens with zero attached hydrogens (tertiary/aromatic N) is 3. The van der Waals surface area contributed by atoms with E-state index in [1.54, 1.807) is 12.4 Å². The molecule has 0 saturated carbocycles. The molecule has 0 atom stereocenters. The first-order chi connectivity index (χ1) is 11.1. The first-order valence-corrected chi connectivity index (χ1v) is 8.05.